The van der Waals surface area contributed by atoms with Crippen LogP contribution in [0.15, 0.2) is 24.3 Å². The van der Waals surface area contributed by atoms with E-state index in [-0.39, 0.29) is 24.9 Å². The Morgan fingerprint density at radius 1 is 1.21 bits per heavy atom. The van der Waals surface area contributed by atoms with Gasteiger partial charge in [0.1, 0.15) is 5.75 Å². The highest BCUT2D eigenvalue weighted by atomic mass is 16.5. The van der Waals surface area contributed by atoms with Gasteiger partial charge in [-0.3, -0.25) is 9.59 Å². The Kier molecular flexibility index (Phi) is 6.38. The topological polar surface area (TPSA) is 84.0 Å². The van der Waals surface area contributed by atoms with E-state index in [2.05, 4.69) is 10.6 Å². The molecule has 104 valence electrons. The summed E-state index contributed by atoms with van der Waals surface area (Å²) in [5, 5.41) is 6.89. The molecule has 0 unspecified atom stereocenters. The van der Waals surface area contributed by atoms with E-state index in [1.54, 1.807) is 24.5 Å². The molecule has 0 fully saturated rings. The summed E-state index contributed by atoms with van der Waals surface area (Å²) in [6.07, 6.45) is 0. The highest BCUT2D eigenvalue weighted by Gasteiger charge is 2.09. The van der Waals surface area contributed by atoms with Gasteiger partial charge in [0.25, 0.3) is 11.8 Å². The first-order chi connectivity index (χ1) is 9.17. The quantitative estimate of drug-likeness (QED) is 0.612. The Morgan fingerprint density at radius 2 is 1.89 bits per heavy atom. The maximum absolute atomic E-state index is 11.7. The standard InChI is InChI=1S/C13H19N3O3/c1-3-19-11-7-5-4-6-10(11)16-13(18)9-15-8-12(17)14-2/h4-7,15H,3,8-9H2,1-2H3,(H,14,17)(H,16,18)/p+1. The van der Waals surface area contributed by atoms with Crippen molar-refractivity contribution >= 4 is 17.5 Å². The van der Waals surface area contributed by atoms with E-state index in [1.807, 2.05) is 19.1 Å². The molecule has 0 radical (unpaired) electrons. The Labute approximate surface area is 112 Å². The molecule has 6 heteroatoms. The lowest BCUT2D eigenvalue weighted by atomic mass is 10.3. The number of benzene rings is 1. The van der Waals surface area contributed by atoms with Crippen LogP contribution >= 0.6 is 0 Å². The van der Waals surface area contributed by atoms with Gasteiger partial charge < -0.3 is 20.7 Å². The third-order valence-electron chi connectivity index (χ3n) is 2.40. The molecule has 0 bridgehead atoms. The van der Waals surface area contributed by atoms with Crippen molar-refractivity contribution < 1.29 is 19.6 Å². The largest absolute Gasteiger partial charge is 0.492 e. The van der Waals surface area contributed by atoms with E-state index < -0.39 is 0 Å². The van der Waals surface area contributed by atoms with Crippen LogP contribution in [0.4, 0.5) is 5.69 Å². The summed E-state index contributed by atoms with van der Waals surface area (Å²) in [4.78, 5) is 22.7. The summed E-state index contributed by atoms with van der Waals surface area (Å²) < 4.78 is 5.41. The second-order valence-corrected chi connectivity index (χ2v) is 3.85. The molecule has 0 saturated carbocycles. The molecule has 0 heterocycles. The molecule has 0 spiro atoms. The second-order valence-electron chi connectivity index (χ2n) is 3.85. The van der Waals surface area contributed by atoms with Gasteiger partial charge in [-0.05, 0) is 19.1 Å². The fraction of sp³-hybridized carbons (Fsp3) is 0.385. The number of hydrogen-bond donors (Lipinski definition) is 3. The Bertz CT molecular complexity index is 435. The number of quaternary nitrogens is 1. The number of para-hydroxylation sites is 2. The predicted molar refractivity (Wildman–Crippen MR) is 72.0 cm³/mol. The number of carbonyl (C=O) groups excluding carboxylic acids is 2. The zero-order chi connectivity index (χ0) is 14.1. The lowest BCUT2D eigenvalue weighted by molar-refractivity contribution is -0.632. The van der Waals surface area contributed by atoms with Gasteiger partial charge in [-0.15, -0.1) is 0 Å². The van der Waals surface area contributed by atoms with Crippen LogP contribution in [-0.4, -0.2) is 38.6 Å². The highest BCUT2D eigenvalue weighted by Crippen LogP contribution is 2.23. The molecule has 6 nitrogen and oxygen atoms in total. The van der Waals surface area contributed by atoms with Crippen molar-refractivity contribution in [1.82, 2.24) is 5.32 Å². The molecular formula is C13H20N3O3+. The predicted octanol–water partition coefficient (Wildman–Crippen LogP) is -0.667. The van der Waals surface area contributed by atoms with E-state index in [9.17, 15) is 9.59 Å². The summed E-state index contributed by atoms with van der Waals surface area (Å²) in [5.41, 5.74) is 0.641. The van der Waals surface area contributed by atoms with E-state index in [4.69, 9.17) is 4.74 Å². The van der Waals surface area contributed by atoms with Crippen molar-refractivity contribution in [3.8, 4) is 5.75 Å². The summed E-state index contributed by atoms with van der Waals surface area (Å²) in [6.45, 7) is 2.84. The number of nitrogens with two attached hydrogens (primary N) is 1. The number of amides is 2. The minimum absolute atomic E-state index is 0.109. The SMILES string of the molecule is CCOc1ccccc1NC(=O)C[NH2+]CC(=O)NC. The maximum Gasteiger partial charge on any atom is 0.279 e. The van der Waals surface area contributed by atoms with Crippen LogP contribution in [0, 0.1) is 0 Å². The summed E-state index contributed by atoms with van der Waals surface area (Å²) in [7, 11) is 1.56. The average molecular weight is 266 g/mol. The molecular weight excluding hydrogens is 246 g/mol. The smallest absolute Gasteiger partial charge is 0.279 e. The Morgan fingerprint density at radius 3 is 2.58 bits per heavy atom. The number of hydrogen-bond acceptors (Lipinski definition) is 3. The molecule has 1 aromatic carbocycles. The molecule has 0 aliphatic carbocycles. The highest BCUT2D eigenvalue weighted by molar-refractivity contribution is 5.93. The first-order valence-electron chi connectivity index (χ1n) is 6.21. The van der Waals surface area contributed by atoms with Crippen molar-refractivity contribution in [2.45, 2.75) is 6.92 Å². The van der Waals surface area contributed by atoms with Crippen LogP contribution in [0.25, 0.3) is 0 Å². The van der Waals surface area contributed by atoms with E-state index >= 15 is 0 Å². The molecule has 0 saturated heterocycles. The Balaban J connectivity index is 2.45. The summed E-state index contributed by atoms with van der Waals surface area (Å²) >= 11 is 0. The van der Waals surface area contributed by atoms with Gasteiger partial charge in [-0.25, -0.2) is 0 Å². The summed E-state index contributed by atoms with van der Waals surface area (Å²) in [5.74, 6) is 0.364. The molecule has 19 heavy (non-hydrogen) atoms. The fourth-order valence-corrected chi connectivity index (χ4v) is 1.49. The number of nitrogens with one attached hydrogen (secondary N) is 2. The van der Waals surface area contributed by atoms with Crippen LogP contribution in [0.3, 0.4) is 0 Å². The van der Waals surface area contributed by atoms with Gasteiger partial charge in [-0.2, -0.15) is 0 Å². The second kappa shape index (κ2) is 8.10. The lowest BCUT2D eigenvalue weighted by Crippen LogP contribution is -2.88. The first kappa shape index (κ1) is 15.0. The molecule has 1 aromatic rings. The number of rotatable bonds is 7. The molecule has 1 rings (SSSR count). The third-order valence-corrected chi connectivity index (χ3v) is 2.40. The van der Waals surface area contributed by atoms with Gasteiger partial charge in [0.05, 0.1) is 12.3 Å². The third kappa shape index (κ3) is 5.39. The van der Waals surface area contributed by atoms with Crippen LogP contribution in [0.1, 0.15) is 6.92 Å². The van der Waals surface area contributed by atoms with E-state index in [1.165, 1.54) is 0 Å². The molecule has 0 aromatic heterocycles. The number of likely N-dealkylation sites (N-methyl/N-ethyl adjacent to an activating group) is 1. The number of ether oxygens (including phenoxy) is 1. The van der Waals surface area contributed by atoms with Crippen LogP contribution in [0.5, 0.6) is 5.75 Å². The molecule has 4 N–H and O–H groups in total. The van der Waals surface area contributed by atoms with Crippen molar-refractivity contribution in [2.75, 3.05) is 32.1 Å². The van der Waals surface area contributed by atoms with Crippen molar-refractivity contribution in [3.63, 3.8) is 0 Å². The van der Waals surface area contributed by atoms with Crippen molar-refractivity contribution in [1.29, 1.82) is 0 Å². The maximum atomic E-state index is 11.7. The normalized spacial score (nSPS) is 9.79. The van der Waals surface area contributed by atoms with Gasteiger partial charge in [0.15, 0.2) is 13.1 Å². The molecule has 2 amide bonds. The van der Waals surface area contributed by atoms with Gasteiger partial charge in [0.2, 0.25) is 0 Å². The van der Waals surface area contributed by atoms with E-state index in [0.29, 0.717) is 18.0 Å². The van der Waals surface area contributed by atoms with Crippen molar-refractivity contribution in [2.24, 2.45) is 0 Å². The van der Waals surface area contributed by atoms with Crippen LogP contribution in [0.2, 0.25) is 0 Å². The van der Waals surface area contributed by atoms with Crippen molar-refractivity contribution in [3.05, 3.63) is 24.3 Å². The number of anilines is 1. The van der Waals surface area contributed by atoms with Gasteiger partial charge >= 0.3 is 0 Å². The monoisotopic (exact) mass is 266 g/mol. The van der Waals surface area contributed by atoms with Gasteiger partial charge in [-0.1, -0.05) is 12.1 Å². The van der Waals surface area contributed by atoms with Crippen LogP contribution in [-0.2, 0) is 9.59 Å². The minimum atomic E-state index is -0.170. The van der Waals surface area contributed by atoms with E-state index in [0.717, 1.165) is 0 Å². The zero-order valence-corrected chi connectivity index (χ0v) is 11.2. The Hall–Kier alpha value is -2.08. The fourth-order valence-electron chi connectivity index (χ4n) is 1.49. The molecule has 0 aliphatic heterocycles. The first-order valence-corrected chi connectivity index (χ1v) is 6.21. The zero-order valence-electron chi connectivity index (χ0n) is 11.2. The summed E-state index contributed by atoms with van der Waals surface area (Å²) in [6, 6.07) is 7.25. The van der Waals surface area contributed by atoms with Crippen LogP contribution < -0.4 is 20.7 Å². The molecule has 0 atom stereocenters. The minimum Gasteiger partial charge on any atom is -0.492 e. The lowest BCUT2D eigenvalue weighted by Gasteiger charge is -2.10. The number of carbonyl (C=O) groups is 2. The van der Waals surface area contributed by atoms with Gasteiger partial charge in [0, 0.05) is 7.05 Å². The average Bonchev–Trinajstić information content (AvgIpc) is 2.41. The molecule has 0 aliphatic rings.